The minimum absolute atomic E-state index is 0.210. The van der Waals surface area contributed by atoms with Crippen LogP contribution in [0.1, 0.15) is 35.6 Å². The number of hydrogen-bond acceptors (Lipinski definition) is 9. The molecule has 6 rings (SSSR count). The van der Waals surface area contributed by atoms with E-state index in [1.807, 2.05) is 41.5 Å². The monoisotopic (exact) mass is 627 g/mol. The SMILES string of the molecule is [B][C@@](Nc1cc(Cl)c2ncc(C#N)c(NC(CS(C)(=O)=O)c3ccccc3)c2c1)(C1=CN(C2CC2)NN1)c1ccc(F)cc1. The summed E-state index contributed by atoms with van der Waals surface area (Å²) >= 11 is 6.77. The molecule has 2 atom stereocenters. The first kappa shape index (κ1) is 29.8. The van der Waals surface area contributed by atoms with Crippen molar-refractivity contribution in [3.8, 4) is 6.07 Å². The fraction of sp³-hybridized carbons (Fsp3) is 0.226. The van der Waals surface area contributed by atoms with Gasteiger partial charge in [0.05, 0.1) is 44.7 Å². The molecule has 1 aliphatic heterocycles. The number of anilines is 2. The average Bonchev–Trinajstić information content (AvgIpc) is 3.72. The molecule has 3 aromatic carbocycles. The molecule has 1 fully saturated rings. The predicted octanol–water partition coefficient (Wildman–Crippen LogP) is 4.86. The Bertz CT molecular complexity index is 1900. The van der Waals surface area contributed by atoms with Gasteiger partial charge in [0.25, 0.3) is 0 Å². The highest BCUT2D eigenvalue weighted by Gasteiger charge is 2.38. The number of halogens is 2. The van der Waals surface area contributed by atoms with Crippen molar-refractivity contribution in [1.82, 2.24) is 21.0 Å². The Balaban J connectivity index is 1.46. The van der Waals surface area contributed by atoms with Crippen LogP contribution in [0, 0.1) is 17.1 Å². The van der Waals surface area contributed by atoms with E-state index >= 15 is 0 Å². The lowest BCUT2D eigenvalue weighted by Gasteiger charge is -2.34. The Morgan fingerprint density at radius 3 is 2.59 bits per heavy atom. The highest BCUT2D eigenvalue weighted by atomic mass is 35.5. The molecule has 0 spiro atoms. The zero-order valence-corrected chi connectivity index (χ0v) is 25.3. The summed E-state index contributed by atoms with van der Waals surface area (Å²) in [5.41, 5.74) is 8.30. The molecule has 9 nitrogen and oxygen atoms in total. The maximum Gasteiger partial charge on any atom is 0.149 e. The summed E-state index contributed by atoms with van der Waals surface area (Å²) in [6, 6.07) is 20.3. The van der Waals surface area contributed by atoms with Crippen LogP contribution >= 0.6 is 11.6 Å². The van der Waals surface area contributed by atoms with Gasteiger partial charge in [0, 0.05) is 35.8 Å². The maximum absolute atomic E-state index is 13.9. The summed E-state index contributed by atoms with van der Waals surface area (Å²) in [5.74, 6) is -0.609. The molecule has 2 heterocycles. The number of rotatable bonds is 10. The van der Waals surface area contributed by atoms with Crippen LogP contribution in [0.15, 0.2) is 84.8 Å². The first-order valence-corrected chi connectivity index (χ1v) is 16.3. The van der Waals surface area contributed by atoms with Crippen molar-refractivity contribution >= 4 is 51.6 Å². The molecule has 4 aromatic rings. The number of aromatic nitrogens is 1. The Labute approximate surface area is 261 Å². The van der Waals surface area contributed by atoms with Crippen molar-refractivity contribution < 1.29 is 12.8 Å². The average molecular weight is 628 g/mol. The third-order valence-electron chi connectivity index (χ3n) is 7.63. The molecular weight excluding hydrogens is 600 g/mol. The number of nitriles is 1. The summed E-state index contributed by atoms with van der Waals surface area (Å²) in [4.78, 5) is 4.43. The summed E-state index contributed by atoms with van der Waals surface area (Å²) in [6.45, 7) is 0. The lowest BCUT2D eigenvalue weighted by atomic mass is 9.69. The standard InChI is InChI=1S/C31H28BClFN7O2S/c1-44(42,43)18-27(19-5-3-2-4-6-19)37-29-20(15-35)16-36-30-25(29)13-23(14-26(30)33)38-31(32,21-7-9-22(34)10-8-21)28-17-41(40-39-28)24-11-12-24/h2-10,13-14,16-17,24,27,38-40H,11-12,18H2,1H3,(H,36,37)/t27?,31-/m0/s1. The summed E-state index contributed by atoms with van der Waals surface area (Å²) in [7, 11) is 3.66. The largest absolute Gasteiger partial charge is 0.378 e. The Kier molecular flexibility index (Phi) is 7.88. The van der Waals surface area contributed by atoms with E-state index in [2.05, 4.69) is 32.6 Å². The first-order chi connectivity index (χ1) is 21.0. The molecule has 0 bridgehead atoms. The van der Waals surface area contributed by atoms with E-state index in [1.165, 1.54) is 24.6 Å². The van der Waals surface area contributed by atoms with E-state index in [4.69, 9.17) is 19.4 Å². The number of nitrogens with zero attached hydrogens (tertiary/aromatic N) is 3. The van der Waals surface area contributed by atoms with Gasteiger partial charge >= 0.3 is 0 Å². The quantitative estimate of drug-likeness (QED) is 0.183. The highest BCUT2D eigenvalue weighted by molar-refractivity contribution is 7.90. The number of hydrogen-bond donors (Lipinski definition) is 4. The van der Waals surface area contributed by atoms with Crippen molar-refractivity contribution in [3.63, 3.8) is 0 Å². The highest BCUT2D eigenvalue weighted by Crippen LogP contribution is 2.39. The third-order valence-corrected chi connectivity index (χ3v) is 8.86. The second-order valence-corrected chi connectivity index (χ2v) is 13.7. The second kappa shape index (κ2) is 11.7. The molecule has 13 heteroatoms. The smallest absolute Gasteiger partial charge is 0.149 e. The number of pyridine rings is 1. The zero-order valence-electron chi connectivity index (χ0n) is 23.7. The van der Waals surface area contributed by atoms with Crippen LogP contribution in [-0.4, -0.2) is 44.3 Å². The third kappa shape index (κ3) is 6.17. The van der Waals surface area contributed by atoms with Gasteiger partial charge in [-0.1, -0.05) is 54.1 Å². The fourth-order valence-electron chi connectivity index (χ4n) is 5.27. The zero-order chi connectivity index (χ0) is 31.1. The van der Waals surface area contributed by atoms with Crippen molar-refractivity contribution in [1.29, 1.82) is 5.26 Å². The molecule has 4 N–H and O–H groups in total. The number of nitrogens with one attached hydrogen (secondary N) is 4. The van der Waals surface area contributed by atoms with Gasteiger partial charge in [-0.05, 0) is 48.2 Å². The van der Waals surface area contributed by atoms with Gasteiger partial charge < -0.3 is 16.1 Å². The van der Waals surface area contributed by atoms with Crippen LogP contribution < -0.4 is 21.6 Å². The molecule has 1 saturated carbocycles. The van der Waals surface area contributed by atoms with Crippen LogP contribution in [-0.2, 0) is 15.3 Å². The maximum atomic E-state index is 13.9. The molecule has 1 aromatic heterocycles. The van der Waals surface area contributed by atoms with E-state index in [0.29, 0.717) is 39.6 Å². The van der Waals surface area contributed by atoms with Crippen molar-refractivity contribution in [3.05, 3.63) is 112 Å². The van der Waals surface area contributed by atoms with Gasteiger partial charge in [0.2, 0.25) is 0 Å². The van der Waals surface area contributed by atoms with E-state index in [9.17, 15) is 18.1 Å². The second-order valence-electron chi connectivity index (χ2n) is 11.1. The number of fused-ring (bicyclic) bond motifs is 1. The van der Waals surface area contributed by atoms with Gasteiger partial charge in [-0.15, -0.1) is 5.53 Å². The molecule has 222 valence electrons. The van der Waals surface area contributed by atoms with Gasteiger partial charge in [-0.25, -0.2) is 12.8 Å². The Morgan fingerprint density at radius 1 is 1.20 bits per heavy atom. The molecule has 0 amide bonds. The molecule has 1 unspecified atom stereocenters. The molecule has 1 aliphatic carbocycles. The Morgan fingerprint density at radius 2 is 1.93 bits per heavy atom. The minimum atomic E-state index is -3.42. The first-order valence-electron chi connectivity index (χ1n) is 13.9. The summed E-state index contributed by atoms with van der Waals surface area (Å²) in [6.07, 6.45) is 6.56. The van der Waals surface area contributed by atoms with E-state index in [-0.39, 0.29) is 16.3 Å². The van der Waals surface area contributed by atoms with Crippen LogP contribution in [0.4, 0.5) is 15.8 Å². The lowest BCUT2D eigenvalue weighted by Crippen LogP contribution is -2.45. The topological polar surface area (TPSA) is 122 Å². The van der Waals surface area contributed by atoms with Gasteiger partial charge in [0.1, 0.15) is 29.6 Å². The normalized spacial score (nSPS) is 16.9. The van der Waals surface area contributed by atoms with Crippen molar-refractivity contribution in [2.45, 2.75) is 30.4 Å². The summed E-state index contributed by atoms with van der Waals surface area (Å²) in [5, 5.41) is 19.4. The van der Waals surface area contributed by atoms with Gasteiger partial charge in [-0.3, -0.25) is 9.99 Å². The number of hydrazine groups is 2. The van der Waals surface area contributed by atoms with E-state index in [1.54, 1.807) is 24.3 Å². The molecule has 2 radical (unpaired) electrons. The van der Waals surface area contributed by atoms with Gasteiger partial charge in [0.15, 0.2) is 0 Å². The lowest BCUT2D eigenvalue weighted by molar-refractivity contribution is 0.260. The van der Waals surface area contributed by atoms with E-state index < -0.39 is 27.1 Å². The Hall–Kier alpha value is -4.31. The van der Waals surface area contributed by atoms with Crippen LogP contribution in [0.25, 0.3) is 10.9 Å². The minimum Gasteiger partial charge on any atom is -0.378 e. The number of sulfone groups is 1. The number of benzene rings is 3. The van der Waals surface area contributed by atoms with E-state index in [0.717, 1.165) is 18.4 Å². The predicted molar refractivity (Wildman–Crippen MR) is 171 cm³/mol. The van der Waals surface area contributed by atoms with Crippen molar-refractivity contribution in [2.75, 3.05) is 22.6 Å². The summed E-state index contributed by atoms with van der Waals surface area (Å²) < 4.78 is 38.8. The van der Waals surface area contributed by atoms with Crippen LogP contribution in [0.2, 0.25) is 5.02 Å². The molecule has 2 aliphatic rings. The van der Waals surface area contributed by atoms with Crippen molar-refractivity contribution in [2.24, 2.45) is 0 Å². The van der Waals surface area contributed by atoms with Crippen LogP contribution in [0.5, 0.6) is 0 Å². The van der Waals surface area contributed by atoms with Crippen LogP contribution in [0.3, 0.4) is 0 Å². The molecular formula is C31H28BClFN7O2S. The molecule has 0 saturated heterocycles. The molecule has 44 heavy (non-hydrogen) atoms. The van der Waals surface area contributed by atoms with Gasteiger partial charge in [-0.2, -0.15) is 5.26 Å². The fourth-order valence-corrected chi connectivity index (χ4v) is 6.42.